The van der Waals surface area contributed by atoms with Crippen molar-refractivity contribution in [1.29, 1.82) is 0 Å². The average Bonchev–Trinajstić information content (AvgIpc) is 3.17. The molecule has 8 nitrogen and oxygen atoms in total. The maximum absolute atomic E-state index is 13.7. The number of hydrogen-bond donors (Lipinski definition) is 2. The van der Waals surface area contributed by atoms with Crippen LogP contribution in [0.5, 0.6) is 0 Å². The first-order chi connectivity index (χ1) is 15.9. The summed E-state index contributed by atoms with van der Waals surface area (Å²) in [7, 11) is 0. The van der Waals surface area contributed by atoms with Crippen LogP contribution in [0.4, 0.5) is 14.5 Å². The van der Waals surface area contributed by atoms with Gasteiger partial charge in [-0.05, 0) is 24.3 Å². The number of benzene rings is 2. The Bertz CT molecular complexity index is 1200. The molecule has 0 spiro atoms. The Labute approximate surface area is 187 Å². The van der Waals surface area contributed by atoms with Gasteiger partial charge in [-0.2, -0.15) is 0 Å². The van der Waals surface area contributed by atoms with Crippen LogP contribution in [0.25, 0.3) is 11.0 Å². The molecule has 1 aliphatic rings. The molecular weight excluding hydrogens is 436 g/mol. The summed E-state index contributed by atoms with van der Waals surface area (Å²) >= 11 is 0. The van der Waals surface area contributed by atoms with E-state index in [2.05, 4.69) is 10.6 Å². The summed E-state index contributed by atoms with van der Waals surface area (Å²) in [6.07, 6.45) is -0.140. The molecule has 1 aliphatic heterocycles. The number of nitrogens with one attached hydrogen (secondary N) is 2. The molecule has 172 valence electrons. The van der Waals surface area contributed by atoms with Crippen molar-refractivity contribution in [3.8, 4) is 0 Å². The Morgan fingerprint density at radius 3 is 2.55 bits per heavy atom. The minimum absolute atomic E-state index is 0.0175. The Balaban J connectivity index is 1.44. The van der Waals surface area contributed by atoms with Crippen LogP contribution in [0.2, 0.25) is 0 Å². The third-order valence-corrected chi connectivity index (χ3v) is 5.17. The minimum atomic E-state index is -0.993. The quantitative estimate of drug-likeness (QED) is 0.593. The van der Waals surface area contributed by atoms with Crippen molar-refractivity contribution < 1.29 is 32.3 Å². The van der Waals surface area contributed by atoms with Gasteiger partial charge in [-0.15, -0.1) is 0 Å². The first-order valence-corrected chi connectivity index (χ1v) is 10.4. The van der Waals surface area contributed by atoms with Crippen LogP contribution in [0, 0.1) is 11.6 Å². The molecule has 0 saturated carbocycles. The van der Waals surface area contributed by atoms with E-state index in [0.29, 0.717) is 43.3 Å². The average molecular weight is 457 g/mol. The van der Waals surface area contributed by atoms with Crippen LogP contribution in [0.15, 0.2) is 46.9 Å². The molecule has 3 aromatic rings. The van der Waals surface area contributed by atoms with Crippen LogP contribution < -0.4 is 10.6 Å². The van der Waals surface area contributed by atoms with Gasteiger partial charge < -0.3 is 24.7 Å². The molecule has 0 unspecified atom stereocenters. The predicted octanol–water partition coefficient (Wildman–Crippen LogP) is 2.94. The molecule has 1 aromatic heterocycles. The number of furan rings is 1. The SMILES string of the molecule is O=C(CCNC(=O)c1ccc(F)cc1F)Nc1c(C(=O)N2CCOCC2)oc2ccccc12. The van der Waals surface area contributed by atoms with Gasteiger partial charge >= 0.3 is 0 Å². The minimum Gasteiger partial charge on any atom is -0.449 e. The first-order valence-electron chi connectivity index (χ1n) is 10.4. The maximum Gasteiger partial charge on any atom is 0.291 e. The molecule has 2 aromatic carbocycles. The van der Waals surface area contributed by atoms with Crippen molar-refractivity contribution in [3.63, 3.8) is 0 Å². The van der Waals surface area contributed by atoms with E-state index in [0.717, 1.165) is 12.1 Å². The highest BCUT2D eigenvalue weighted by atomic mass is 19.1. The van der Waals surface area contributed by atoms with Crippen molar-refractivity contribution in [1.82, 2.24) is 10.2 Å². The van der Waals surface area contributed by atoms with Gasteiger partial charge in [-0.3, -0.25) is 14.4 Å². The topological polar surface area (TPSA) is 101 Å². The van der Waals surface area contributed by atoms with Crippen molar-refractivity contribution in [2.45, 2.75) is 6.42 Å². The fourth-order valence-corrected chi connectivity index (χ4v) is 3.49. The highest BCUT2D eigenvalue weighted by Crippen LogP contribution is 2.32. The molecule has 0 atom stereocenters. The van der Waals surface area contributed by atoms with Crippen LogP contribution in [0.1, 0.15) is 27.3 Å². The second-order valence-corrected chi connectivity index (χ2v) is 7.39. The summed E-state index contributed by atoms with van der Waals surface area (Å²) in [5.41, 5.74) is 0.378. The third-order valence-electron chi connectivity index (χ3n) is 5.17. The number of morpholine rings is 1. The zero-order valence-corrected chi connectivity index (χ0v) is 17.5. The van der Waals surface area contributed by atoms with Crippen LogP contribution in [0.3, 0.4) is 0 Å². The fourth-order valence-electron chi connectivity index (χ4n) is 3.49. The molecule has 4 rings (SSSR count). The normalized spacial score (nSPS) is 13.7. The number of amides is 3. The standard InChI is InChI=1S/C23H21F2N3O5/c24-14-5-6-15(17(25)13-14)22(30)26-8-7-19(29)27-20-16-3-1-2-4-18(16)33-21(20)23(31)28-9-11-32-12-10-28/h1-6,13H,7-12H2,(H,26,30)(H,27,29). The second-order valence-electron chi connectivity index (χ2n) is 7.39. The largest absolute Gasteiger partial charge is 0.449 e. The molecule has 2 N–H and O–H groups in total. The van der Waals surface area contributed by atoms with Gasteiger partial charge in [-0.25, -0.2) is 8.78 Å². The maximum atomic E-state index is 13.7. The van der Waals surface area contributed by atoms with E-state index in [-0.39, 0.29) is 35.9 Å². The van der Waals surface area contributed by atoms with E-state index >= 15 is 0 Å². The highest BCUT2D eigenvalue weighted by molar-refractivity contribution is 6.10. The number of halogens is 2. The second kappa shape index (κ2) is 9.78. The van der Waals surface area contributed by atoms with Gasteiger partial charge in [0.1, 0.15) is 22.9 Å². The predicted molar refractivity (Wildman–Crippen MR) is 115 cm³/mol. The molecule has 10 heteroatoms. The van der Waals surface area contributed by atoms with E-state index in [9.17, 15) is 23.2 Å². The molecule has 2 heterocycles. The molecule has 0 bridgehead atoms. The number of nitrogens with zero attached hydrogens (tertiary/aromatic N) is 1. The van der Waals surface area contributed by atoms with Crippen LogP contribution in [-0.2, 0) is 9.53 Å². The Kier molecular flexibility index (Phi) is 6.64. The molecule has 1 fully saturated rings. The van der Waals surface area contributed by atoms with Gasteiger partial charge in [0, 0.05) is 37.5 Å². The summed E-state index contributed by atoms with van der Waals surface area (Å²) in [6.45, 7) is 1.57. The Morgan fingerprint density at radius 2 is 1.79 bits per heavy atom. The molecule has 0 radical (unpaired) electrons. The van der Waals surface area contributed by atoms with Gasteiger partial charge in [0.2, 0.25) is 11.7 Å². The summed E-state index contributed by atoms with van der Waals surface area (Å²) in [6, 6.07) is 9.54. The van der Waals surface area contributed by atoms with Crippen molar-refractivity contribution >= 4 is 34.4 Å². The molecule has 1 saturated heterocycles. The molecule has 33 heavy (non-hydrogen) atoms. The monoisotopic (exact) mass is 457 g/mol. The molecule has 0 aliphatic carbocycles. The molecule has 3 amide bonds. The molecular formula is C23H21F2N3O5. The lowest BCUT2D eigenvalue weighted by molar-refractivity contribution is -0.116. The summed E-state index contributed by atoms with van der Waals surface area (Å²) in [5, 5.41) is 5.69. The number of rotatable bonds is 6. The van der Waals surface area contributed by atoms with E-state index < -0.39 is 23.4 Å². The number of hydrogen-bond acceptors (Lipinski definition) is 5. The van der Waals surface area contributed by atoms with E-state index in [4.69, 9.17) is 9.15 Å². The smallest absolute Gasteiger partial charge is 0.291 e. The first kappa shape index (κ1) is 22.4. The summed E-state index contributed by atoms with van der Waals surface area (Å²) in [5.74, 6) is -3.37. The van der Waals surface area contributed by atoms with Gasteiger partial charge in [0.15, 0.2) is 0 Å². The van der Waals surface area contributed by atoms with Gasteiger partial charge in [0.05, 0.1) is 18.8 Å². The van der Waals surface area contributed by atoms with Crippen molar-refractivity contribution in [3.05, 3.63) is 65.4 Å². The zero-order valence-electron chi connectivity index (χ0n) is 17.5. The summed E-state index contributed by atoms with van der Waals surface area (Å²) in [4.78, 5) is 39.2. The lowest BCUT2D eigenvalue weighted by Gasteiger charge is -2.26. The van der Waals surface area contributed by atoms with Crippen molar-refractivity contribution in [2.75, 3.05) is 38.2 Å². The van der Waals surface area contributed by atoms with E-state index in [1.165, 1.54) is 0 Å². The number of carbonyl (C=O) groups is 3. The van der Waals surface area contributed by atoms with Gasteiger partial charge in [0.25, 0.3) is 11.8 Å². The highest BCUT2D eigenvalue weighted by Gasteiger charge is 2.27. The Morgan fingerprint density at radius 1 is 1.03 bits per heavy atom. The number of anilines is 1. The third kappa shape index (κ3) is 5.01. The zero-order chi connectivity index (χ0) is 23.4. The number of para-hydroxylation sites is 1. The fraction of sp³-hybridized carbons (Fsp3) is 0.261. The van der Waals surface area contributed by atoms with Crippen LogP contribution in [-0.4, -0.2) is 55.5 Å². The van der Waals surface area contributed by atoms with Crippen molar-refractivity contribution in [2.24, 2.45) is 0 Å². The van der Waals surface area contributed by atoms with Crippen LogP contribution >= 0.6 is 0 Å². The lowest BCUT2D eigenvalue weighted by atomic mass is 10.2. The number of ether oxygens (including phenoxy) is 1. The Hall–Kier alpha value is -3.79. The summed E-state index contributed by atoms with van der Waals surface area (Å²) < 4.78 is 37.8. The number of fused-ring (bicyclic) bond motifs is 1. The van der Waals surface area contributed by atoms with E-state index in [1.807, 2.05) is 0 Å². The lowest BCUT2D eigenvalue weighted by Crippen LogP contribution is -2.40. The van der Waals surface area contributed by atoms with Gasteiger partial charge in [-0.1, -0.05) is 12.1 Å². The van der Waals surface area contributed by atoms with E-state index in [1.54, 1.807) is 29.2 Å². The number of carbonyl (C=O) groups excluding carboxylic acids is 3.